The molecule has 0 radical (unpaired) electrons. The number of nitrogens with zero attached hydrogens (tertiary/aromatic N) is 1. The fourth-order valence-corrected chi connectivity index (χ4v) is 1.69. The Kier molecular flexibility index (Phi) is 1.86. The van der Waals surface area contributed by atoms with Gasteiger partial charge in [-0.25, -0.2) is 4.98 Å². The van der Waals surface area contributed by atoms with E-state index in [1.807, 2.05) is 24.3 Å². The van der Waals surface area contributed by atoms with E-state index in [2.05, 4.69) is 15.0 Å². The van der Waals surface area contributed by atoms with E-state index in [1.165, 1.54) is 0 Å². The Morgan fingerprint density at radius 3 is 2.81 bits per heavy atom. The second kappa shape index (κ2) is 3.34. The Bertz CT molecular complexity index is 683. The van der Waals surface area contributed by atoms with E-state index in [0.29, 0.717) is 16.7 Å². The van der Waals surface area contributed by atoms with Crippen LogP contribution in [0.15, 0.2) is 47.5 Å². The molecule has 3 rings (SSSR count). The molecular formula is C12H9N3O. The van der Waals surface area contributed by atoms with Gasteiger partial charge < -0.3 is 9.97 Å². The molecule has 0 fully saturated rings. The Labute approximate surface area is 91.0 Å². The molecule has 0 atom stereocenters. The molecule has 0 spiro atoms. The van der Waals surface area contributed by atoms with Crippen molar-refractivity contribution in [2.75, 3.05) is 0 Å². The molecule has 0 aliphatic carbocycles. The average Bonchev–Trinajstić information content (AvgIpc) is 2.82. The van der Waals surface area contributed by atoms with Crippen molar-refractivity contribution < 1.29 is 0 Å². The largest absolute Gasteiger partial charge is 0.367 e. The molecule has 2 heterocycles. The van der Waals surface area contributed by atoms with Gasteiger partial charge in [-0.05, 0) is 18.2 Å². The molecule has 1 aromatic carbocycles. The summed E-state index contributed by atoms with van der Waals surface area (Å²) >= 11 is 0. The zero-order valence-electron chi connectivity index (χ0n) is 8.40. The van der Waals surface area contributed by atoms with Crippen molar-refractivity contribution in [3.63, 3.8) is 0 Å². The molecule has 0 aliphatic heterocycles. The normalized spacial score (nSPS) is 10.8. The van der Waals surface area contributed by atoms with Gasteiger partial charge in [0, 0.05) is 18.0 Å². The SMILES string of the molecule is O=c1[nH]c(-c2cc[nH]c2)nc2ccccc12. The predicted octanol–water partition coefficient (Wildman–Crippen LogP) is 1.92. The van der Waals surface area contributed by atoms with E-state index < -0.39 is 0 Å². The predicted molar refractivity (Wildman–Crippen MR) is 62.2 cm³/mol. The summed E-state index contributed by atoms with van der Waals surface area (Å²) in [7, 11) is 0. The van der Waals surface area contributed by atoms with Crippen LogP contribution in [0.2, 0.25) is 0 Å². The van der Waals surface area contributed by atoms with E-state index in [-0.39, 0.29) is 5.56 Å². The second-order valence-corrected chi connectivity index (χ2v) is 3.53. The van der Waals surface area contributed by atoms with Crippen LogP contribution in [-0.4, -0.2) is 15.0 Å². The quantitative estimate of drug-likeness (QED) is 0.646. The van der Waals surface area contributed by atoms with Gasteiger partial charge in [-0.1, -0.05) is 12.1 Å². The second-order valence-electron chi connectivity index (χ2n) is 3.53. The molecule has 0 aliphatic rings. The van der Waals surface area contributed by atoms with Crippen LogP contribution in [0.4, 0.5) is 0 Å². The first-order valence-electron chi connectivity index (χ1n) is 4.97. The zero-order valence-corrected chi connectivity index (χ0v) is 8.40. The molecule has 2 N–H and O–H groups in total. The van der Waals surface area contributed by atoms with Crippen LogP contribution in [0.3, 0.4) is 0 Å². The first-order valence-corrected chi connectivity index (χ1v) is 4.97. The molecule has 16 heavy (non-hydrogen) atoms. The molecule has 0 saturated heterocycles. The van der Waals surface area contributed by atoms with Crippen molar-refractivity contribution in [1.29, 1.82) is 0 Å². The minimum atomic E-state index is -0.109. The van der Waals surface area contributed by atoms with Crippen LogP contribution in [0.1, 0.15) is 0 Å². The Morgan fingerprint density at radius 1 is 1.12 bits per heavy atom. The number of aromatic nitrogens is 3. The summed E-state index contributed by atoms with van der Waals surface area (Å²) in [6.07, 6.45) is 3.59. The number of rotatable bonds is 1. The molecule has 0 unspecified atom stereocenters. The zero-order chi connectivity index (χ0) is 11.0. The minimum absolute atomic E-state index is 0.109. The average molecular weight is 211 g/mol. The number of aromatic amines is 2. The van der Waals surface area contributed by atoms with Gasteiger partial charge in [0.2, 0.25) is 0 Å². The number of benzene rings is 1. The lowest BCUT2D eigenvalue weighted by Crippen LogP contribution is -2.08. The molecule has 4 heteroatoms. The van der Waals surface area contributed by atoms with Gasteiger partial charge in [0.25, 0.3) is 5.56 Å². The topological polar surface area (TPSA) is 61.5 Å². The molecule has 3 aromatic rings. The van der Waals surface area contributed by atoms with Crippen molar-refractivity contribution in [1.82, 2.24) is 15.0 Å². The van der Waals surface area contributed by atoms with E-state index in [1.54, 1.807) is 18.5 Å². The summed E-state index contributed by atoms with van der Waals surface area (Å²) in [5, 5.41) is 0.613. The van der Waals surface area contributed by atoms with E-state index in [0.717, 1.165) is 5.56 Å². The molecule has 4 nitrogen and oxygen atoms in total. The smallest absolute Gasteiger partial charge is 0.259 e. The highest BCUT2D eigenvalue weighted by Crippen LogP contribution is 2.14. The third-order valence-electron chi connectivity index (χ3n) is 2.48. The van der Waals surface area contributed by atoms with Gasteiger partial charge in [-0.3, -0.25) is 4.79 Å². The lowest BCUT2D eigenvalue weighted by Gasteiger charge is -2.00. The minimum Gasteiger partial charge on any atom is -0.367 e. The molecule has 0 bridgehead atoms. The standard InChI is InChI=1S/C12H9N3O/c16-12-9-3-1-2-4-10(9)14-11(15-12)8-5-6-13-7-8/h1-7,13H,(H,14,15,16). The van der Waals surface area contributed by atoms with Gasteiger partial charge in [0.15, 0.2) is 0 Å². The van der Waals surface area contributed by atoms with Crippen LogP contribution >= 0.6 is 0 Å². The van der Waals surface area contributed by atoms with Crippen molar-refractivity contribution in [3.05, 3.63) is 53.1 Å². The summed E-state index contributed by atoms with van der Waals surface area (Å²) < 4.78 is 0. The number of nitrogens with one attached hydrogen (secondary N) is 2. The van der Waals surface area contributed by atoms with Gasteiger partial charge in [0.05, 0.1) is 10.9 Å². The summed E-state index contributed by atoms with van der Waals surface area (Å²) in [5.74, 6) is 0.588. The number of fused-ring (bicyclic) bond motifs is 1. The molecule has 0 amide bonds. The maximum Gasteiger partial charge on any atom is 0.259 e. The van der Waals surface area contributed by atoms with Gasteiger partial charge in [-0.2, -0.15) is 0 Å². The summed E-state index contributed by atoms with van der Waals surface area (Å²) in [5.41, 5.74) is 1.48. The Balaban J connectivity index is 2.34. The summed E-state index contributed by atoms with van der Waals surface area (Å²) in [4.78, 5) is 21.9. The number of para-hydroxylation sites is 1. The lowest BCUT2D eigenvalue weighted by molar-refractivity contribution is 1.18. The molecule has 78 valence electrons. The number of hydrogen-bond acceptors (Lipinski definition) is 2. The van der Waals surface area contributed by atoms with Crippen LogP contribution < -0.4 is 5.56 Å². The summed E-state index contributed by atoms with van der Waals surface area (Å²) in [6, 6.07) is 9.17. The number of hydrogen-bond donors (Lipinski definition) is 2. The van der Waals surface area contributed by atoms with Crippen LogP contribution in [-0.2, 0) is 0 Å². The Morgan fingerprint density at radius 2 is 2.00 bits per heavy atom. The van der Waals surface area contributed by atoms with E-state index in [9.17, 15) is 4.79 Å². The maximum absolute atomic E-state index is 11.8. The van der Waals surface area contributed by atoms with Gasteiger partial charge in [-0.15, -0.1) is 0 Å². The number of H-pyrrole nitrogens is 2. The molecule has 2 aromatic heterocycles. The molecule has 0 saturated carbocycles. The fraction of sp³-hybridized carbons (Fsp3) is 0. The maximum atomic E-state index is 11.8. The van der Waals surface area contributed by atoms with Gasteiger partial charge in [0.1, 0.15) is 5.82 Å². The third kappa shape index (κ3) is 1.32. The van der Waals surface area contributed by atoms with Crippen molar-refractivity contribution in [2.45, 2.75) is 0 Å². The first kappa shape index (κ1) is 8.91. The molecular weight excluding hydrogens is 202 g/mol. The Hall–Kier alpha value is -2.36. The lowest BCUT2D eigenvalue weighted by atomic mass is 10.2. The van der Waals surface area contributed by atoms with Crippen LogP contribution in [0.5, 0.6) is 0 Å². The monoisotopic (exact) mass is 211 g/mol. The van der Waals surface area contributed by atoms with E-state index in [4.69, 9.17) is 0 Å². The van der Waals surface area contributed by atoms with Crippen LogP contribution in [0, 0.1) is 0 Å². The van der Waals surface area contributed by atoms with Crippen molar-refractivity contribution >= 4 is 10.9 Å². The first-order chi connectivity index (χ1) is 7.84. The van der Waals surface area contributed by atoms with Crippen LogP contribution in [0.25, 0.3) is 22.3 Å². The van der Waals surface area contributed by atoms with Gasteiger partial charge >= 0.3 is 0 Å². The highest BCUT2D eigenvalue weighted by molar-refractivity contribution is 5.79. The highest BCUT2D eigenvalue weighted by Gasteiger charge is 2.04. The van der Waals surface area contributed by atoms with E-state index >= 15 is 0 Å². The fourth-order valence-electron chi connectivity index (χ4n) is 1.69. The highest BCUT2D eigenvalue weighted by atomic mass is 16.1. The van der Waals surface area contributed by atoms with Crippen molar-refractivity contribution in [2.24, 2.45) is 0 Å². The van der Waals surface area contributed by atoms with Crippen molar-refractivity contribution in [3.8, 4) is 11.4 Å². The summed E-state index contributed by atoms with van der Waals surface area (Å²) in [6.45, 7) is 0. The third-order valence-corrected chi connectivity index (χ3v) is 2.48.